The molecule has 0 atom stereocenters. The van der Waals surface area contributed by atoms with Crippen LogP contribution in [-0.4, -0.2) is 23.8 Å². The molecule has 0 aliphatic carbocycles. The summed E-state index contributed by atoms with van der Waals surface area (Å²) in [4.78, 5) is 5.53. The first-order chi connectivity index (χ1) is 25.2. The van der Waals surface area contributed by atoms with E-state index in [0.29, 0.717) is 5.75 Å². The minimum absolute atomic E-state index is 0.694. The minimum atomic E-state index is 0.694. The molecule has 0 amide bonds. The summed E-state index contributed by atoms with van der Waals surface area (Å²) in [7, 11) is 3.36. The summed E-state index contributed by atoms with van der Waals surface area (Å²) in [5, 5.41) is 4.56. The van der Waals surface area contributed by atoms with Gasteiger partial charge in [0.05, 0.1) is 30.8 Å². The third-order valence-corrected chi connectivity index (χ3v) is 9.81. The van der Waals surface area contributed by atoms with Crippen LogP contribution in [0.1, 0.15) is 0 Å². The van der Waals surface area contributed by atoms with Crippen LogP contribution in [0.3, 0.4) is 0 Å². The maximum absolute atomic E-state index is 5.97. The van der Waals surface area contributed by atoms with Crippen molar-refractivity contribution < 1.29 is 9.47 Å². The zero-order chi connectivity index (χ0) is 34.3. The van der Waals surface area contributed by atoms with Crippen molar-refractivity contribution >= 4 is 32.6 Å². The van der Waals surface area contributed by atoms with Gasteiger partial charge in [0, 0.05) is 22.5 Å². The van der Waals surface area contributed by atoms with Gasteiger partial charge < -0.3 is 9.47 Å². The van der Waals surface area contributed by atoms with Gasteiger partial charge in [-0.15, -0.1) is 0 Å². The molecule has 0 bridgehead atoms. The van der Waals surface area contributed by atoms with Crippen LogP contribution in [0.2, 0.25) is 0 Å². The van der Waals surface area contributed by atoms with Gasteiger partial charge in [-0.2, -0.15) is 0 Å². The van der Waals surface area contributed by atoms with E-state index in [-0.39, 0.29) is 0 Å². The van der Waals surface area contributed by atoms with Gasteiger partial charge in [-0.1, -0.05) is 127 Å². The number of methoxy groups -OCH3 is 2. The molecule has 9 rings (SSSR count). The lowest BCUT2D eigenvalue weighted by Crippen LogP contribution is -2.00. The molecular formula is C47H34N2O2. The van der Waals surface area contributed by atoms with Crippen molar-refractivity contribution in [3.8, 4) is 62.0 Å². The normalized spacial score (nSPS) is 11.3. The van der Waals surface area contributed by atoms with Crippen LogP contribution in [0.4, 0.5) is 0 Å². The lowest BCUT2D eigenvalue weighted by molar-refractivity contribution is 0.395. The van der Waals surface area contributed by atoms with E-state index in [4.69, 9.17) is 14.5 Å². The average molecular weight is 659 g/mol. The summed E-state index contributed by atoms with van der Waals surface area (Å²) < 4.78 is 13.8. The maximum atomic E-state index is 5.97. The van der Waals surface area contributed by atoms with Gasteiger partial charge in [-0.25, -0.2) is 4.98 Å². The number of ether oxygens (including phenoxy) is 2. The molecule has 9 aromatic rings. The Morgan fingerprint density at radius 3 is 1.55 bits per heavy atom. The number of rotatable bonds is 7. The highest BCUT2D eigenvalue weighted by Gasteiger charge is 2.23. The second kappa shape index (κ2) is 12.7. The Kier molecular flexibility index (Phi) is 7.55. The predicted molar refractivity (Wildman–Crippen MR) is 211 cm³/mol. The Labute approximate surface area is 296 Å². The molecule has 1 aromatic heterocycles. The first-order valence-corrected chi connectivity index (χ1v) is 17.1. The number of imidazole rings is 1. The molecule has 0 spiro atoms. The Balaban J connectivity index is 1.37. The molecule has 0 N–H and O–H groups in total. The molecule has 0 fully saturated rings. The fourth-order valence-electron chi connectivity index (χ4n) is 7.27. The van der Waals surface area contributed by atoms with Crippen molar-refractivity contribution in [2.75, 3.05) is 14.2 Å². The minimum Gasteiger partial charge on any atom is -0.497 e. The molecule has 8 aromatic carbocycles. The summed E-state index contributed by atoms with van der Waals surface area (Å²) in [6.45, 7) is 0. The lowest BCUT2D eigenvalue weighted by Gasteiger charge is -2.15. The lowest BCUT2D eigenvalue weighted by atomic mass is 9.93. The molecular weight excluding hydrogens is 625 g/mol. The maximum Gasteiger partial charge on any atom is 0.149 e. The van der Waals surface area contributed by atoms with Crippen molar-refractivity contribution in [1.82, 2.24) is 9.55 Å². The molecule has 0 unspecified atom stereocenters. The molecule has 0 aliphatic rings. The summed E-state index contributed by atoms with van der Waals surface area (Å²) in [6.07, 6.45) is 0. The SMILES string of the molecule is COc1ccc(-c2nc3c4cc(-c5ccccc5)ccc4c4ccc(-c5ccc(-c6ccccc6)cc5)cc4c3n2-c2ccccc2)c(OC)c1. The van der Waals surface area contributed by atoms with Gasteiger partial charge >= 0.3 is 0 Å². The van der Waals surface area contributed by atoms with E-state index in [1.165, 1.54) is 22.1 Å². The number of aromatic nitrogens is 2. The molecule has 4 nitrogen and oxygen atoms in total. The zero-order valence-electron chi connectivity index (χ0n) is 28.4. The topological polar surface area (TPSA) is 36.3 Å². The second-order valence-corrected chi connectivity index (χ2v) is 12.7. The van der Waals surface area contributed by atoms with Crippen molar-refractivity contribution in [2.24, 2.45) is 0 Å². The smallest absolute Gasteiger partial charge is 0.149 e. The van der Waals surface area contributed by atoms with Crippen LogP contribution in [-0.2, 0) is 0 Å². The summed E-state index contributed by atoms with van der Waals surface area (Å²) in [6, 6.07) is 59.9. The fourth-order valence-corrected chi connectivity index (χ4v) is 7.27. The first kappa shape index (κ1) is 30.4. The Morgan fingerprint density at radius 2 is 0.941 bits per heavy atom. The van der Waals surface area contributed by atoms with E-state index in [2.05, 4.69) is 150 Å². The molecule has 1 heterocycles. The number of hydrogen-bond acceptors (Lipinski definition) is 3. The van der Waals surface area contributed by atoms with Crippen molar-refractivity contribution in [2.45, 2.75) is 0 Å². The molecule has 0 radical (unpaired) electrons. The van der Waals surface area contributed by atoms with Gasteiger partial charge in [0.25, 0.3) is 0 Å². The molecule has 0 saturated heterocycles. The Hall–Kier alpha value is -6.65. The highest BCUT2D eigenvalue weighted by Crippen LogP contribution is 2.43. The van der Waals surface area contributed by atoms with E-state index in [0.717, 1.165) is 66.7 Å². The van der Waals surface area contributed by atoms with Gasteiger partial charge in [0.2, 0.25) is 0 Å². The number of para-hydroxylation sites is 1. The van der Waals surface area contributed by atoms with Crippen LogP contribution >= 0.6 is 0 Å². The largest absolute Gasteiger partial charge is 0.497 e. The van der Waals surface area contributed by atoms with E-state index in [1.807, 2.05) is 24.3 Å². The monoisotopic (exact) mass is 658 g/mol. The Bertz CT molecular complexity index is 2680. The quantitative estimate of drug-likeness (QED) is 0.160. The van der Waals surface area contributed by atoms with Crippen molar-refractivity contribution in [3.05, 3.63) is 170 Å². The van der Waals surface area contributed by atoms with Crippen LogP contribution in [0.15, 0.2) is 170 Å². The van der Waals surface area contributed by atoms with Crippen LogP contribution in [0.5, 0.6) is 11.5 Å². The molecule has 0 saturated carbocycles. The standard InChI is InChI=1S/C47H34N2O2/c1-50-38-24-27-41(44(30-38)51-2)47-48-45-42-28-35(32-14-8-4-9-15-32)22-25-39(42)40-26-23-36(29-43(40)46(45)49(47)37-16-10-5-11-17-37)34-20-18-33(19-21-34)31-12-6-3-7-13-31/h3-30H,1-2H3. The highest BCUT2D eigenvalue weighted by molar-refractivity contribution is 6.25. The number of fused-ring (bicyclic) bond motifs is 6. The average Bonchev–Trinajstić information content (AvgIpc) is 3.62. The van der Waals surface area contributed by atoms with Gasteiger partial charge in [0.15, 0.2) is 0 Å². The fraction of sp³-hybridized carbons (Fsp3) is 0.0426. The van der Waals surface area contributed by atoms with Crippen LogP contribution in [0.25, 0.3) is 83.0 Å². The van der Waals surface area contributed by atoms with E-state index in [9.17, 15) is 0 Å². The zero-order valence-corrected chi connectivity index (χ0v) is 28.4. The third-order valence-electron chi connectivity index (χ3n) is 9.81. The second-order valence-electron chi connectivity index (χ2n) is 12.7. The Morgan fingerprint density at radius 1 is 0.431 bits per heavy atom. The van der Waals surface area contributed by atoms with E-state index >= 15 is 0 Å². The summed E-state index contributed by atoms with van der Waals surface area (Å²) in [5.74, 6) is 2.22. The van der Waals surface area contributed by atoms with Crippen LogP contribution < -0.4 is 9.47 Å². The summed E-state index contributed by atoms with van der Waals surface area (Å²) in [5.41, 5.74) is 10.9. The van der Waals surface area contributed by atoms with Crippen molar-refractivity contribution in [3.63, 3.8) is 0 Å². The molecule has 0 aliphatic heterocycles. The van der Waals surface area contributed by atoms with Gasteiger partial charge in [0.1, 0.15) is 17.3 Å². The van der Waals surface area contributed by atoms with E-state index in [1.54, 1.807) is 14.2 Å². The highest BCUT2D eigenvalue weighted by atomic mass is 16.5. The number of hydrogen-bond donors (Lipinski definition) is 0. The van der Waals surface area contributed by atoms with Crippen LogP contribution in [0, 0.1) is 0 Å². The molecule has 4 heteroatoms. The van der Waals surface area contributed by atoms with Gasteiger partial charge in [-0.05, 0) is 80.6 Å². The third kappa shape index (κ3) is 5.29. The molecule has 244 valence electrons. The van der Waals surface area contributed by atoms with E-state index < -0.39 is 0 Å². The number of benzene rings is 8. The predicted octanol–water partition coefficient (Wildman–Crippen LogP) is 12.0. The van der Waals surface area contributed by atoms with Crippen molar-refractivity contribution in [1.29, 1.82) is 0 Å². The summed E-state index contributed by atoms with van der Waals surface area (Å²) >= 11 is 0. The number of nitrogens with zero attached hydrogens (tertiary/aromatic N) is 2. The molecule has 51 heavy (non-hydrogen) atoms. The first-order valence-electron chi connectivity index (χ1n) is 17.1. The van der Waals surface area contributed by atoms with Gasteiger partial charge in [-0.3, -0.25) is 4.57 Å².